The van der Waals surface area contributed by atoms with Gasteiger partial charge in [-0.2, -0.15) is 5.26 Å². The summed E-state index contributed by atoms with van der Waals surface area (Å²) < 4.78 is 2.04. The maximum absolute atomic E-state index is 8.69. The highest BCUT2D eigenvalue weighted by Crippen LogP contribution is 2.14. The Labute approximate surface area is 99.0 Å². The van der Waals surface area contributed by atoms with Crippen molar-refractivity contribution in [1.82, 2.24) is 9.88 Å². The van der Waals surface area contributed by atoms with Crippen LogP contribution in [-0.4, -0.2) is 4.57 Å². The summed E-state index contributed by atoms with van der Waals surface area (Å²) in [4.78, 5) is 1.98. The standard InChI is InChI=1S/C12H13N3S/c1-15-5-4-10(9-15)7-14-8-12-3-2-11(6-13)16-12/h2-5,9,14H,7-8H2,1H3. The van der Waals surface area contributed by atoms with Crippen molar-refractivity contribution in [2.24, 2.45) is 7.05 Å². The van der Waals surface area contributed by atoms with E-state index in [1.165, 1.54) is 10.4 Å². The number of nitrogens with one attached hydrogen (secondary N) is 1. The number of thiophene rings is 1. The summed E-state index contributed by atoms with van der Waals surface area (Å²) in [5.41, 5.74) is 1.28. The Morgan fingerprint density at radius 2 is 2.25 bits per heavy atom. The van der Waals surface area contributed by atoms with E-state index >= 15 is 0 Å². The fourth-order valence-corrected chi connectivity index (χ4v) is 2.30. The lowest BCUT2D eigenvalue weighted by molar-refractivity contribution is 0.699. The van der Waals surface area contributed by atoms with E-state index in [-0.39, 0.29) is 0 Å². The van der Waals surface area contributed by atoms with Gasteiger partial charge in [0.15, 0.2) is 0 Å². The molecule has 2 aromatic rings. The van der Waals surface area contributed by atoms with E-state index < -0.39 is 0 Å². The summed E-state index contributed by atoms with van der Waals surface area (Å²) in [5, 5.41) is 12.1. The third-order valence-electron chi connectivity index (χ3n) is 2.29. The molecule has 0 fully saturated rings. The average Bonchev–Trinajstić information content (AvgIpc) is 2.88. The SMILES string of the molecule is Cn1ccc(CNCc2ccc(C#N)s2)c1. The molecule has 0 aliphatic rings. The molecule has 0 atom stereocenters. The number of hydrogen-bond acceptors (Lipinski definition) is 3. The van der Waals surface area contributed by atoms with Gasteiger partial charge in [0.05, 0.1) is 0 Å². The minimum atomic E-state index is 0.775. The van der Waals surface area contributed by atoms with Crippen molar-refractivity contribution in [2.75, 3.05) is 0 Å². The largest absolute Gasteiger partial charge is 0.357 e. The Kier molecular flexibility index (Phi) is 3.40. The highest BCUT2D eigenvalue weighted by molar-refractivity contribution is 7.12. The van der Waals surface area contributed by atoms with Gasteiger partial charge in [0, 0.05) is 37.4 Å². The molecule has 0 aliphatic carbocycles. The van der Waals surface area contributed by atoms with Crippen LogP contribution in [0.3, 0.4) is 0 Å². The van der Waals surface area contributed by atoms with Crippen molar-refractivity contribution in [1.29, 1.82) is 5.26 Å². The Morgan fingerprint density at radius 3 is 2.88 bits per heavy atom. The number of aromatic nitrogens is 1. The van der Waals surface area contributed by atoms with E-state index in [9.17, 15) is 0 Å². The molecule has 2 rings (SSSR count). The highest BCUT2D eigenvalue weighted by atomic mass is 32.1. The fraction of sp³-hybridized carbons (Fsp3) is 0.250. The lowest BCUT2D eigenvalue weighted by Crippen LogP contribution is -2.11. The first kappa shape index (κ1) is 10.9. The molecule has 2 aromatic heterocycles. The van der Waals surface area contributed by atoms with Crippen molar-refractivity contribution >= 4 is 11.3 Å². The van der Waals surface area contributed by atoms with Gasteiger partial charge in [-0.1, -0.05) is 0 Å². The Morgan fingerprint density at radius 1 is 1.38 bits per heavy atom. The summed E-state index contributed by atoms with van der Waals surface area (Å²) in [5.74, 6) is 0. The zero-order valence-corrected chi connectivity index (χ0v) is 9.92. The second kappa shape index (κ2) is 4.97. The van der Waals surface area contributed by atoms with Gasteiger partial charge in [-0.3, -0.25) is 0 Å². The predicted molar refractivity (Wildman–Crippen MR) is 65.0 cm³/mol. The molecule has 1 N–H and O–H groups in total. The summed E-state index contributed by atoms with van der Waals surface area (Å²) in [7, 11) is 2.02. The number of aryl methyl sites for hydroxylation is 1. The summed E-state index contributed by atoms with van der Waals surface area (Å²) in [6, 6.07) is 8.11. The molecule has 4 heteroatoms. The first-order valence-electron chi connectivity index (χ1n) is 5.08. The summed E-state index contributed by atoms with van der Waals surface area (Å²) >= 11 is 1.54. The molecule has 0 aromatic carbocycles. The zero-order chi connectivity index (χ0) is 11.4. The van der Waals surface area contributed by atoms with Crippen LogP contribution in [0.2, 0.25) is 0 Å². The van der Waals surface area contributed by atoms with Crippen LogP contribution >= 0.6 is 11.3 Å². The molecular weight excluding hydrogens is 218 g/mol. The second-order valence-electron chi connectivity index (χ2n) is 3.67. The molecule has 16 heavy (non-hydrogen) atoms. The van der Waals surface area contributed by atoms with Crippen molar-refractivity contribution in [3.05, 3.63) is 45.9 Å². The molecule has 3 nitrogen and oxygen atoms in total. The number of rotatable bonds is 4. The van der Waals surface area contributed by atoms with Gasteiger partial charge in [-0.25, -0.2) is 0 Å². The molecule has 0 saturated carbocycles. The highest BCUT2D eigenvalue weighted by Gasteiger charge is 1.99. The smallest absolute Gasteiger partial charge is 0.110 e. The van der Waals surface area contributed by atoms with Gasteiger partial charge in [0.2, 0.25) is 0 Å². The van der Waals surface area contributed by atoms with Crippen molar-refractivity contribution in [2.45, 2.75) is 13.1 Å². The number of nitrogens with zero attached hydrogens (tertiary/aromatic N) is 2. The maximum Gasteiger partial charge on any atom is 0.110 e. The normalized spacial score (nSPS) is 10.2. The summed E-state index contributed by atoms with van der Waals surface area (Å²) in [6.45, 7) is 1.68. The number of hydrogen-bond donors (Lipinski definition) is 1. The lowest BCUT2D eigenvalue weighted by atomic mass is 10.3. The second-order valence-corrected chi connectivity index (χ2v) is 4.83. The molecule has 0 saturated heterocycles. The Hall–Kier alpha value is -1.57. The first-order chi connectivity index (χ1) is 7.78. The monoisotopic (exact) mass is 231 g/mol. The van der Waals surface area contributed by atoms with Crippen LogP contribution in [0.4, 0.5) is 0 Å². The third kappa shape index (κ3) is 2.72. The van der Waals surface area contributed by atoms with Crippen LogP contribution in [0, 0.1) is 11.3 Å². The molecular formula is C12H13N3S. The Balaban J connectivity index is 1.82. The third-order valence-corrected chi connectivity index (χ3v) is 3.28. The molecule has 0 unspecified atom stereocenters. The number of nitriles is 1. The van der Waals surface area contributed by atoms with Crippen molar-refractivity contribution in [3.63, 3.8) is 0 Å². The van der Waals surface area contributed by atoms with E-state index in [0.29, 0.717) is 0 Å². The van der Waals surface area contributed by atoms with Crippen molar-refractivity contribution in [3.8, 4) is 6.07 Å². The van der Waals surface area contributed by atoms with Crippen LogP contribution in [-0.2, 0) is 20.1 Å². The van der Waals surface area contributed by atoms with Gasteiger partial charge in [0.25, 0.3) is 0 Å². The van der Waals surface area contributed by atoms with Gasteiger partial charge in [-0.15, -0.1) is 11.3 Å². The molecule has 0 aliphatic heterocycles. The maximum atomic E-state index is 8.69. The molecule has 2 heterocycles. The molecule has 0 radical (unpaired) electrons. The predicted octanol–water partition coefficient (Wildman–Crippen LogP) is 2.25. The van der Waals surface area contributed by atoms with Gasteiger partial charge in [0.1, 0.15) is 10.9 Å². The molecule has 0 spiro atoms. The minimum Gasteiger partial charge on any atom is -0.357 e. The molecule has 82 valence electrons. The van der Waals surface area contributed by atoms with Gasteiger partial charge < -0.3 is 9.88 Å². The van der Waals surface area contributed by atoms with E-state index in [1.54, 1.807) is 11.3 Å². The van der Waals surface area contributed by atoms with Crippen LogP contribution < -0.4 is 5.32 Å². The van der Waals surface area contributed by atoms with Crippen LogP contribution in [0.1, 0.15) is 15.3 Å². The van der Waals surface area contributed by atoms with Crippen LogP contribution in [0.15, 0.2) is 30.6 Å². The fourth-order valence-electron chi connectivity index (χ4n) is 1.53. The first-order valence-corrected chi connectivity index (χ1v) is 5.90. The summed E-state index contributed by atoms with van der Waals surface area (Å²) in [6.07, 6.45) is 4.14. The zero-order valence-electron chi connectivity index (χ0n) is 9.10. The topological polar surface area (TPSA) is 40.8 Å². The van der Waals surface area contributed by atoms with E-state index in [2.05, 4.69) is 23.6 Å². The van der Waals surface area contributed by atoms with Crippen molar-refractivity contribution < 1.29 is 0 Å². The van der Waals surface area contributed by atoms with Gasteiger partial charge >= 0.3 is 0 Å². The minimum absolute atomic E-state index is 0.775. The molecule has 0 amide bonds. The molecule has 0 bridgehead atoms. The quantitative estimate of drug-likeness (QED) is 0.876. The lowest BCUT2D eigenvalue weighted by Gasteiger charge is -2.00. The van der Waals surface area contributed by atoms with Gasteiger partial charge in [-0.05, 0) is 23.8 Å². The average molecular weight is 231 g/mol. The van der Waals surface area contributed by atoms with E-state index in [4.69, 9.17) is 5.26 Å². The van der Waals surface area contributed by atoms with Crippen LogP contribution in [0.5, 0.6) is 0 Å². The van der Waals surface area contributed by atoms with E-state index in [0.717, 1.165) is 18.0 Å². The Bertz CT molecular complexity index is 504. The van der Waals surface area contributed by atoms with E-state index in [1.807, 2.05) is 29.9 Å². The van der Waals surface area contributed by atoms with Crippen LogP contribution in [0.25, 0.3) is 0 Å².